The second-order valence-corrected chi connectivity index (χ2v) is 3.43. The van der Waals surface area contributed by atoms with E-state index in [-0.39, 0.29) is 11.3 Å². The van der Waals surface area contributed by atoms with Crippen molar-refractivity contribution in [3.05, 3.63) is 23.8 Å². The third-order valence-corrected chi connectivity index (χ3v) is 2.29. The van der Waals surface area contributed by atoms with E-state index in [4.69, 9.17) is 9.47 Å². The summed E-state index contributed by atoms with van der Waals surface area (Å²) in [4.78, 5) is 22.6. The van der Waals surface area contributed by atoms with E-state index in [1.165, 1.54) is 26.4 Å². The van der Waals surface area contributed by atoms with Gasteiger partial charge < -0.3 is 9.47 Å². The molecule has 1 aromatic carbocycles. The van der Waals surface area contributed by atoms with Gasteiger partial charge in [-0.3, -0.25) is 9.59 Å². The standard InChI is InChI=1S/C12H12F2O4/c1-17-7-3-4-11(18-2)8(5-7)9(15)6-10(16)12(13)14/h3-5,12H,6H2,1-2H3. The number of hydrogen-bond donors (Lipinski definition) is 0. The van der Waals surface area contributed by atoms with Crippen LogP contribution in [-0.2, 0) is 4.79 Å². The highest BCUT2D eigenvalue weighted by atomic mass is 19.3. The van der Waals surface area contributed by atoms with Gasteiger partial charge in [-0.1, -0.05) is 0 Å². The number of rotatable bonds is 6. The highest BCUT2D eigenvalue weighted by molar-refractivity contribution is 6.10. The summed E-state index contributed by atoms with van der Waals surface area (Å²) in [6, 6.07) is 4.38. The largest absolute Gasteiger partial charge is 0.497 e. The number of carbonyl (C=O) groups excluding carboxylic acids is 2. The molecule has 1 aromatic rings. The summed E-state index contributed by atoms with van der Waals surface area (Å²) >= 11 is 0. The summed E-state index contributed by atoms with van der Waals surface area (Å²) in [7, 11) is 2.74. The Kier molecular flexibility index (Phi) is 4.76. The minimum atomic E-state index is -3.15. The number of methoxy groups -OCH3 is 2. The van der Waals surface area contributed by atoms with Gasteiger partial charge in [0.15, 0.2) is 5.78 Å². The Bertz CT molecular complexity index is 457. The molecule has 6 heteroatoms. The zero-order valence-electron chi connectivity index (χ0n) is 9.91. The van der Waals surface area contributed by atoms with Crippen LogP contribution in [0.2, 0.25) is 0 Å². The van der Waals surface area contributed by atoms with Crippen LogP contribution in [0.4, 0.5) is 8.78 Å². The van der Waals surface area contributed by atoms with Crippen molar-refractivity contribution >= 4 is 11.6 Å². The zero-order chi connectivity index (χ0) is 13.7. The van der Waals surface area contributed by atoms with Crippen molar-refractivity contribution in [2.75, 3.05) is 14.2 Å². The Morgan fingerprint density at radius 1 is 1.22 bits per heavy atom. The molecule has 0 saturated carbocycles. The molecular weight excluding hydrogens is 246 g/mol. The molecule has 4 nitrogen and oxygen atoms in total. The van der Waals surface area contributed by atoms with E-state index >= 15 is 0 Å². The molecule has 1 rings (SSSR count). The summed E-state index contributed by atoms with van der Waals surface area (Å²) in [5.74, 6) is -1.55. The summed E-state index contributed by atoms with van der Waals surface area (Å²) in [6.45, 7) is 0. The fourth-order valence-corrected chi connectivity index (χ4v) is 1.36. The van der Waals surface area contributed by atoms with Gasteiger partial charge in [-0.2, -0.15) is 0 Å². The van der Waals surface area contributed by atoms with Crippen LogP contribution in [-0.4, -0.2) is 32.2 Å². The van der Waals surface area contributed by atoms with Crippen molar-refractivity contribution in [2.24, 2.45) is 0 Å². The van der Waals surface area contributed by atoms with Crippen molar-refractivity contribution in [3.63, 3.8) is 0 Å². The number of ether oxygens (including phenoxy) is 2. The van der Waals surface area contributed by atoms with E-state index in [1.54, 1.807) is 6.07 Å². The van der Waals surface area contributed by atoms with Crippen LogP contribution in [0, 0.1) is 0 Å². The van der Waals surface area contributed by atoms with Gasteiger partial charge in [-0.05, 0) is 18.2 Å². The van der Waals surface area contributed by atoms with Crippen molar-refractivity contribution in [3.8, 4) is 11.5 Å². The molecule has 0 aliphatic carbocycles. The Morgan fingerprint density at radius 3 is 2.39 bits per heavy atom. The van der Waals surface area contributed by atoms with Gasteiger partial charge in [0, 0.05) is 0 Å². The first-order valence-corrected chi connectivity index (χ1v) is 5.05. The normalized spacial score (nSPS) is 10.3. The maximum absolute atomic E-state index is 12.1. The summed E-state index contributed by atoms with van der Waals surface area (Å²) in [5, 5.41) is 0. The zero-order valence-corrected chi connectivity index (χ0v) is 9.91. The predicted molar refractivity (Wildman–Crippen MR) is 59.5 cm³/mol. The molecule has 0 aliphatic rings. The van der Waals surface area contributed by atoms with Gasteiger partial charge >= 0.3 is 0 Å². The van der Waals surface area contributed by atoms with Crippen LogP contribution in [0.25, 0.3) is 0 Å². The van der Waals surface area contributed by atoms with E-state index in [0.29, 0.717) is 5.75 Å². The van der Waals surface area contributed by atoms with Crippen molar-refractivity contribution in [2.45, 2.75) is 12.8 Å². The molecule has 0 N–H and O–H groups in total. The molecule has 18 heavy (non-hydrogen) atoms. The lowest BCUT2D eigenvalue weighted by atomic mass is 10.0. The first-order valence-electron chi connectivity index (χ1n) is 5.05. The lowest BCUT2D eigenvalue weighted by Crippen LogP contribution is -2.16. The number of alkyl halides is 2. The molecule has 0 aliphatic heterocycles. The molecule has 0 spiro atoms. The van der Waals surface area contributed by atoms with Gasteiger partial charge in [-0.25, -0.2) is 8.78 Å². The monoisotopic (exact) mass is 258 g/mol. The third-order valence-electron chi connectivity index (χ3n) is 2.29. The Morgan fingerprint density at radius 2 is 1.89 bits per heavy atom. The maximum atomic E-state index is 12.1. The molecule has 0 radical (unpaired) electrons. The number of benzene rings is 1. The minimum absolute atomic E-state index is 0.0471. The Balaban J connectivity index is 2.99. The highest BCUT2D eigenvalue weighted by Crippen LogP contribution is 2.25. The van der Waals surface area contributed by atoms with Crippen LogP contribution in [0.1, 0.15) is 16.8 Å². The van der Waals surface area contributed by atoms with E-state index in [2.05, 4.69) is 0 Å². The van der Waals surface area contributed by atoms with Crippen molar-refractivity contribution < 1.29 is 27.8 Å². The van der Waals surface area contributed by atoms with Gasteiger partial charge in [0.05, 0.1) is 26.2 Å². The van der Waals surface area contributed by atoms with Crippen molar-refractivity contribution in [1.82, 2.24) is 0 Å². The lowest BCUT2D eigenvalue weighted by molar-refractivity contribution is -0.128. The van der Waals surface area contributed by atoms with Crippen LogP contribution in [0.3, 0.4) is 0 Å². The molecule has 0 unspecified atom stereocenters. The molecule has 0 saturated heterocycles. The van der Waals surface area contributed by atoms with Gasteiger partial charge in [-0.15, -0.1) is 0 Å². The van der Waals surface area contributed by atoms with Crippen molar-refractivity contribution in [1.29, 1.82) is 0 Å². The SMILES string of the molecule is COc1ccc(OC)c(C(=O)CC(=O)C(F)F)c1. The topological polar surface area (TPSA) is 52.6 Å². The minimum Gasteiger partial charge on any atom is -0.497 e. The number of ketones is 2. The fourth-order valence-electron chi connectivity index (χ4n) is 1.36. The van der Waals surface area contributed by atoms with E-state index in [0.717, 1.165) is 0 Å². The number of hydrogen-bond acceptors (Lipinski definition) is 4. The Hall–Kier alpha value is -1.98. The number of Topliss-reactive ketones (excluding diaryl/α,β-unsaturated/α-hetero) is 2. The lowest BCUT2D eigenvalue weighted by Gasteiger charge is -2.09. The first kappa shape index (κ1) is 14.1. The van der Waals surface area contributed by atoms with Gasteiger partial charge in [0.2, 0.25) is 5.78 Å². The quantitative estimate of drug-likeness (QED) is 0.579. The van der Waals surface area contributed by atoms with Gasteiger partial charge in [0.25, 0.3) is 6.43 Å². The van der Waals surface area contributed by atoms with Crippen LogP contribution in [0.15, 0.2) is 18.2 Å². The van der Waals surface area contributed by atoms with Crippen LogP contribution >= 0.6 is 0 Å². The summed E-state index contributed by atoms with van der Waals surface area (Å²) < 4.78 is 34.0. The first-order chi connectivity index (χ1) is 8.49. The molecule has 98 valence electrons. The maximum Gasteiger partial charge on any atom is 0.296 e. The highest BCUT2D eigenvalue weighted by Gasteiger charge is 2.22. The molecule has 0 fully saturated rings. The molecular formula is C12H12F2O4. The molecule has 0 atom stereocenters. The average molecular weight is 258 g/mol. The third kappa shape index (κ3) is 3.26. The van der Waals surface area contributed by atoms with Gasteiger partial charge in [0.1, 0.15) is 11.5 Å². The van der Waals surface area contributed by atoms with Crippen LogP contribution in [0.5, 0.6) is 11.5 Å². The summed E-state index contributed by atoms with van der Waals surface area (Å²) in [5.41, 5.74) is 0.0471. The van der Waals surface area contributed by atoms with E-state index in [1.807, 2.05) is 0 Å². The molecule has 0 bridgehead atoms. The molecule has 0 aromatic heterocycles. The van der Waals surface area contributed by atoms with E-state index < -0.39 is 24.4 Å². The smallest absolute Gasteiger partial charge is 0.296 e. The van der Waals surface area contributed by atoms with E-state index in [9.17, 15) is 18.4 Å². The predicted octanol–water partition coefficient (Wildman–Crippen LogP) is 2.11. The second-order valence-electron chi connectivity index (χ2n) is 3.43. The summed E-state index contributed by atoms with van der Waals surface area (Å²) in [6.07, 6.45) is -4.01. The molecule has 0 heterocycles. The number of carbonyl (C=O) groups is 2. The number of halogens is 2. The van der Waals surface area contributed by atoms with Crippen LogP contribution < -0.4 is 9.47 Å². The fraction of sp³-hybridized carbons (Fsp3) is 0.333. The average Bonchev–Trinajstić information content (AvgIpc) is 2.37. The Labute approximate surface area is 103 Å². The second kappa shape index (κ2) is 6.09. The molecule has 0 amide bonds.